The van der Waals surface area contributed by atoms with Crippen molar-refractivity contribution < 1.29 is 19.8 Å². The molecule has 33 heavy (non-hydrogen) atoms. The second-order valence-corrected chi connectivity index (χ2v) is 8.61. The molecular formula is C28H45NO4. The molecule has 1 aromatic rings. The first kappa shape index (κ1) is 30.7. The quantitative estimate of drug-likeness (QED) is 0.195. The van der Waals surface area contributed by atoms with Gasteiger partial charge in [-0.25, -0.2) is 0 Å². The molecule has 1 rings (SSSR count). The molecule has 0 heterocycles. The number of benzene rings is 1. The summed E-state index contributed by atoms with van der Waals surface area (Å²) >= 11 is 0. The van der Waals surface area contributed by atoms with Crippen LogP contribution in [-0.2, 0) is 22.6 Å². The topological polar surface area (TPSA) is 86.6 Å². The van der Waals surface area contributed by atoms with Crippen LogP contribution in [0.1, 0.15) is 103 Å². The van der Waals surface area contributed by atoms with E-state index in [1.54, 1.807) is 0 Å². The highest BCUT2D eigenvalue weighted by atomic mass is 16.4. The van der Waals surface area contributed by atoms with Crippen molar-refractivity contribution in [3.8, 4) is 11.8 Å². The van der Waals surface area contributed by atoms with Gasteiger partial charge in [0.15, 0.2) is 0 Å². The first-order valence-corrected chi connectivity index (χ1v) is 12.6. The zero-order valence-electron chi connectivity index (χ0n) is 21.2. The molecule has 0 aromatic heterocycles. The van der Waals surface area contributed by atoms with E-state index in [-0.39, 0.29) is 6.42 Å². The number of hydrogen-bond acceptors (Lipinski definition) is 3. The predicted molar refractivity (Wildman–Crippen MR) is 136 cm³/mol. The van der Waals surface area contributed by atoms with Crippen molar-refractivity contribution in [3.05, 3.63) is 35.4 Å². The second kappa shape index (κ2) is 19.2. The summed E-state index contributed by atoms with van der Waals surface area (Å²) in [6.07, 6.45) is 11.4. The van der Waals surface area contributed by atoms with Gasteiger partial charge in [0, 0.05) is 13.0 Å². The Balaban J connectivity index is 0.00000497. The summed E-state index contributed by atoms with van der Waals surface area (Å²) in [4.78, 5) is 22.1. The van der Waals surface area contributed by atoms with Crippen molar-refractivity contribution in [2.45, 2.75) is 105 Å². The van der Waals surface area contributed by atoms with Crippen molar-refractivity contribution in [1.82, 2.24) is 5.32 Å². The van der Waals surface area contributed by atoms with E-state index in [9.17, 15) is 14.7 Å². The Kier molecular flexibility index (Phi) is 17.8. The van der Waals surface area contributed by atoms with Crippen LogP contribution >= 0.6 is 0 Å². The zero-order valence-corrected chi connectivity index (χ0v) is 21.2. The molecule has 5 heteroatoms. The minimum Gasteiger partial charge on any atom is -0.481 e. The summed E-state index contributed by atoms with van der Waals surface area (Å²) < 4.78 is 0. The summed E-state index contributed by atoms with van der Waals surface area (Å²) in [6.45, 7) is 8.79. The maximum absolute atomic E-state index is 11.3. The number of nitrogens with one attached hydrogen (secondary N) is 1. The molecule has 0 aliphatic carbocycles. The molecule has 0 spiro atoms. The monoisotopic (exact) mass is 459 g/mol. The molecular weight excluding hydrogens is 414 g/mol. The third kappa shape index (κ3) is 15.2. The SMILES string of the molecule is CC.CCCCCCCCCCc1ccc(CNCC#CCC(C)(CC(=O)O)C(=O)O)cc1. The number of aliphatic carboxylic acids is 2. The molecule has 0 radical (unpaired) electrons. The highest BCUT2D eigenvalue weighted by molar-refractivity contribution is 5.81. The Morgan fingerprint density at radius 3 is 1.97 bits per heavy atom. The molecule has 0 fully saturated rings. The molecule has 0 aliphatic heterocycles. The van der Waals surface area contributed by atoms with E-state index in [0.29, 0.717) is 13.1 Å². The van der Waals surface area contributed by atoms with Gasteiger partial charge in [0.05, 0.1) is 18.4 Å². The van der Waals surface area contributed by atoms with E-state index in [1.807, 2.05) is 13.8 Å². The van der Waals surface area contributed by atoms with Crippen molar-refractivity contribution in [1.29, 1.82) is 0 Å². The molecule has 1 atom stereocenters. The van der Waals surface area contributed by atoms with Crippen LogP contribution in [0.15, 0.2) is 24.3 Å². The van der Waals surface area contributed by atoms with Crippen LogP contribution in [0.3, 0.4) is 0 Å². The van der Waals surface area contributed by atoms with E-state index in [2.05, 4.69) is 48.3 Å². The van der Waals surface area contributed by atoms with Crippen LogP contribution in [-0.4, -0.2) is 28.7 Å². The number of rotatable bonds is 16. The summed E-state index contributed by atoms with van der Waals surface area (Å²) in [6, 6.07) is 8.64. The molecule has 3 N–H and O–H groups in total. The fraction of sp³-hybridized carbons (Fsp3) is 0.643. The summed E-state index contributed by atoms with van der Waals surface area (Å²) in [5.41, 5.74) is 1.20. The van der Waals surface area contributed by atoms with Crippen molar-refractivity contribution in [2.24, 2.45) is 5.41 Å². The van der Waals surface area contributed by atoms with E-state index >= 15 is 0 Å². The average Bonchev–Trinajstić information content (AvgIpc) is 2.79. The highest BCUT2D eigenvalue weighted by Gasteiger charge is 2.34. The van der Waals surface area contributed by atoms with Crippen LogP contribution in [0.2, 0.25) is 0 Å². The van der Waals surface area contributed by atoms with Gasteiger partial charge < -0.3 is 15.5 Å². The number of carbonyl (C=O) groups is 2. The molecule has 1 aromatic carbocycles. The maximum Gasteiger partial charge on any atom is 0.310 e. The van der Waals surface area contributed by atoms with Gasteiger partial charge in [-0.15, -0.1) is 5.92 Å². The Bertz CT molecular complexity index is 718. The van der Waals surface area contributed by atoms with Crippen LogP contribution in [0.5, 0.6) is 0 Å². The van der Waals surface area contributed by atoms with Crippen molar-refractivity contribution in [2.75, 3.05) is 6.54 Å². The highest BCUT2D eigenvalue weighted by Crippen LogP contribution is 2.25. The van der Waals surface area contributed by atoms with E-state index in [4.69, 9.17) is 5.11 Å². The lowest BCUT2D eigenvalue weighted by Gasteiger charge is -2.19. The fourth-order valence-electron chi connectivity index (χ4n) is 3.42. The zero-order chi connectivity index (χ0) is 25.0. The molecule has 1 unspecified atom stereocenters. The molecule has 5 nitrogen and oxygen atoms in total. The number of aryl methyl sites for hydroxylation is 1. The molecule has 0 bridgehead atoms. The van der Waals surface area contributed by atoms with Gasteiger partial charge in [-0.2, -0.15) is 0 Å². The minimum absolute atomic E-state index is 0.0176. The van der Waals surface area contributed by atoms with Gasteiger partial charge in [-0.1, -0.05) is 95.9 Å². The third-order valence-electron chi connectivity index (χ3n) is 5.55. The minimum atomic E-state index is -1.36. The molecule has 0 aliphatic rings. The first-order chi connectivity index (χ1) is 15.9. The largest absolute Gasteiger partial charge is 0.481 e. The Morgan fingerprint density at radius 1 is 0.879 bits per heavy atom. The molecule has 186 valence electrons. The van der Waals surface area contributed by atoms with Crippen molar-refractivity contribution in [3.63, 3.8) is 0 Å². The fourth-order valence-corrected chi connectivity index (χ4v) is 3.42. The standard InChI is InChI=1S/C26H39NO4.C2H6/c1-3-4-5-6-7-8-9-10-13-22-14-16-23(17-15-22)21-27-19-12-11-18-26(2,25(30)31)20-24(28)29;1-2/h14-17,27H,3-10,13,18-21H2,1-2H3,(H,28,29)(H,30,31);1-2H3. The van der Waals surface area contributed by atoms with Gasteiger partial charge in [0.1, 0.15) is 0 Å². The third-order valence-corrected chi connectivity index (χ3v) is 5.55. The van der Waals surface area contributed by atoms with E-state index < -0.39 is 23.8 Å². The van der Waals surface area contributed by atoms with Gasteiger partial charge in [0.25, 0.3) is 0 Å². The lowest BCUT2D eigenvalue weighted by Crippen LogP contribution is -2.30. The number of hydrogen-bond donors (Lipinski definition) is 3. The number of carboxylic acid groups (broad SMARTS) is 2. The predicted octanol–water partition coefficient (Wildman–Crippen LogP) is 6.44. The average molecular weight is 460 g/mol. The number of unbranched alkanes of at least 4 members (excludes halogenated alkanes) is 7. The normalized spacial score (nSPS) is 12.0. The van der Waals surface area contributed by atoms with Crippen LogP contribution in [0.25, 0.3) is 0 Å². The van der Waals surface area contributed by atoms with Gasteiger partial charge in [0.2, 0.25) is 0 Å². The van der Waals surface area contributed by atoms with E-state index in [0.717, 1.165) is 6.42 Å². The Labute approximate surface area is 201 Å². The lowest BCUT2D eigenvalue weighted by molar-refractivity contribution is -0.154. The van der Waals surface area contributed by atoms with E-state index in [1.165, 1.54) is 69.4 Å². The molecule has 0 saturated carbocycles. The molecule has 0 saturated heterocycles. The summed E-state index contributed by atoms with van der Waals surface area (Å²) in [5.74, 6) is 3.42. The van der Waals surface area contributed by atoms with Gasteiger partial charge >= 0.3 is 11.9 Å². The van der Waals surface area contributed by atoms with Crippen molar-refractivity contribution >= 4 is 11.9 Å². The Morgan fingerprint density at radius 2 is 1.42 bits per heavy atom. The second-order valence-electron chi connectivity index (χ2n) is 8.61. The van der Waals surface area contributed by atoms with Crippen LogP contribution in [0.4, 0.5) is 0 Å². The van der Waals surface area contributed by atoms with Gasteiger partial charge in [-0.3, -0.25) is 9.59 Å². The number of carboxylic acids is 2. The lowest BCUT2D eigenvalue weighted by atomic mass is 9.84. The molecule has 0 amide bonds. The maximum atomic E-state index is 11.3. The summed E-state index contributed by atoms with van der Waals surface area (Å²) in [7, 11) is 0. The summed E-state index contributed by atoms with van der Waals surface area (Å²) in [5, 5.41) is 21.3. The Hall–Kier alpha value is -2.32. The first-order valence-electron chi connectivity index (χ1n) is 12.6. The van der Waals surface area contributed by atoms with Crippen LogP contribution in [0, 0.1) is 17.3 Å². The van der Waals surface area contributed by atoms with Crippen LogP contribution < -0.4 is 5.32 Å². The van der Waals surface area contributed by atoms with Gasteiger partial charge in [-0.05, 0) is 30.9 Å². The smallest absolute Gasteiger partial charge is 0.310 e.